The molecule has 0 saturated heterocycles. The molecule has 2 aromatic carbocycles. The summed E-state index contributed by atoms with van der Waals surface area (Å²) in [7, 11) is 0. The summed E-state index contributed by atoms with van der Waals surface area (Å²) in [4.78, 5) is 12.2. The Hall–Kier alpha value is -2.80. The Labute approximate surface area is 169 Å². The molecule has 0 fully saturated rings. The first kappa shape index (κ1) is 19.9. The molecule has 1 N–H and O–H groups in total. The third-order valence-electron chi connectivity index (χ3n) is 4.15. The van der Waals surface area contributed by atoms with Crippen molar-refractivity contribution >= 4 is 17.7 Å². The minimum absolute atomic E-state index is 0.0327. The van der Waals surface area contributed by atoms with Crippen LogP contribution in [0.25, 0.3) is 0 Å². The van der Waals surface area contributed by atoms with Crippen molar-refractivity contribution in [3.8, 4) is 5.75 Å². The molecule has 3 aromatic rings. The third kappa shape index (κ3) is 5.36. The monoisotopic (exact) mass is 396 g/mol. The minimum Gasteiger partial charge on any atom is -0.483 e. The standard InChI is InChI=1S/C21H24N4O2S/c1-3-25-20(16(2)27-18-12-8-5-9-13-18)23-24-21(25)28-15-19(26)22-14-17-10-6-4-7-11-17/h4-13,16H,3,14-15H2,1-2H3,(H,22,26)/t16-/m1/s1. The second-order valence-electron chi connectivity index (χ2n) is 6.21. The molecule has 1 atom stereocenters. The van der Waals surface area contributed by atoms with Gasteiger partial charge in [0.05, 0.1) is 5.75 Å². The van der Waals surface area contributed by atoms with Gasteiger partial charge in [-0.15, -0.1) is 10.2 Å². The highest BCUT2D eigenvalue weighted by atomic mass is 32.2. The molecule has 1 amide bonds. The minimum atomic E-state index is -0.240. The number of ether oxygens (including phenoxy) is 1. The van der Waals surface area contributed by atoms with Crippen molar-refractivity contribution in [2.24, 2.45) is 0 Å². The number of nitrogens with zero attached hydrogens (tertiary/aromatic N) is 3. The maximum absolute atomic E-state index is 12.2. The van der Waals surface area contributed by atoms with Gasteiger partial charge in [0.2, 0.25) is 5.91 Å². The summed E-state index contributed by atoms with van der Waals surface area (Å²) in [5, 5.41) is 12.2. The third-order valence-corrected chi connectivity index (χ3v) is 5.11. The molecule has 0 aliphatic carbocycles. The van der Waals surface area contributed by atoms with Gasteiger partial charge < -0.3 is 14.6 Å². The van der Waals surface area contributed by atoms with Crippen molar-refractivity contribution < 1.29 is 9.53 Å². The van der Waals surface area contributed by atoms with E-state index in [4.69, 9.17) is 4.74 Å². The van der Waals surface area contributed by atoms with E-state index in [-0.39, 0.29) is 12.0 Å². The van der Waals surface area contributed by atoms with Crippen molar-refractivity contribution in [2.45, 2.75) is 38.2 Å². The summed E-state index contributed by atoms with van der Waals surface area (Å²) in [6, 6.07) is 19.5. The molecule has 0 bridgehead atoms. The number of carbonyl (C=O) groups is 1. The van der Waals surface area contributed by atoms with Crippen LogP contribution >= 0.6 is 11.8 Å². The molecule has 0 aliphatic heterocycles. The van der Waals surface area contributed by atoms with E-state index in [9.17, 15) is 4.79 Å². The van der Waals surface area contributed by atoms with E-state index in [1.807, 2.05) is 79.1 Å². The molecule has 3 rings (SSSR count). The van der Waals surface area contributed by atoms with Crippen LogP contribution in [0.4, 0.5) is 0 Å². The summed E-state index contributed by atoms with van der Waals surface area (Å²) in [5.74, 6) is 1.79. The molecule has 1 aromatic heterocycles. The van der Waals surface area contributed by atoms with Gasteiger partial charge in [-0.2, -0.15) is 0 Å². The fourth-order valence-corrected chi connectivity index (χ4v) is 3.58. The summed E-state index contributed by atoms with van der Waals surface area (Å²) < 4.78 is 7.95. The lowest BCUT2D eigenvalue weighted by Gasteiger charge is -2.15. The van der Waals surface area contributed by atoms with Crippen LogP contribution < -0.4 is 10.1 Å². The quantitative estimate of drug-likeness (QED) is 0.557. The molecular formula is C21H24N4O2S. The number of hydrogen-bond donors (Lipinski definition) is 1. The number of para-hydroxylation sites is 1. The molecule has 0 radical (unpaired) electrons. The van der Waals surface area contributed by atoms with E-state index in [1.165, 1.54) is 11.8 Å². The van der Waals surface area contributed by atoms with Gasteiger partial charge in [-0.1, -0.05) is 60.3 Å². The number of nitrogens with one attached hydrogen (secondary N) is 1. The zero-order valence-electron chi connectivity index (χ0n) is 16.0. The molecule has 28 heavy (non-hydrogen) atoms. The van der Waals surface area contributed by atoms with Crippen LogP contribution in [0.1, 0.15) is 31.3 Å². The van der Waals surface area contributed by atoms with E-state index in [0.717, 1.165) is 22.3 Å². The number of rotatable bonds is 9. The van der Waals surface area contributed by atoms with E-state index >= 15 is 0 Å². The first-order chi connectivity index (χ1) is 13.7. The normalized spacial score (nSPS) is 11.8. The smallest absolute Gasteiger partial charge is 0.230 e. The molecule has 6 nitrogen and oxygen atoms in total. The second-order valence-corrected chi connectivity index (χ2v) is 7.15. The summed E-state index contributed by atoms with van der Waals surface area (Å²) >= 11 is 1.38. The Morgan fingerprint density at radius 2 is 1.79 bits per heavy atom. The van der Waals surface area contributed by atoms with Gasteiger partial charge in [0.25, 0.3) is 0 Å². The van der Waals surface area contributed by atoms with Crippen molar-refractivity contribution in [2.75, 3.05) is 5.75 Å². The Kier molecular flexibility index (Phi) is 7.08. The fraction of sp³-hybridized carbons (Fsp3) is 0.286. The number of carbonyl (C=O) groups excluding carboxylic acids is 1. The van der Waals surface area contributed by atoms with Crippen molar-refractivity contribution in [3.05, 3.63) is 72.1 Å². The highest BCUT2D eigenvalue weighted by molar-refractivity contribution is 7.99. The molecule has 7 heteroatoms. The van der Waals surface area contributed by atoms with Crippen LogP contribution in [-0.2, 0) is 17.9 Å². The molecule has 0 aliphatic rings. The van der Waals surface area contributed by atoms with Crippen molar-refractivity contribution in [3.63, 3.8) is 0 Å². The zero-order valence-corrected chi connectivity index (χ0v) is 16.9. The lowest BCUT2D eigenvalue weighted by molar-refractivity contribution is -0.118. The van der Waals surface area contributed by atoms with E-state index in [1.54, 1.807) is 0 Å². The van der Waals surface area contributed by atoms with Crippen LogP contribution in [0.15, 0.2) is 65.8 Å². The van der Waals surface area contributed by atoms with E-state index in [0.29, 0.717) is 18.8 Å². The average molecular weight is 397 g/mol. The van der Waals surface area contributed by atoms with E-state index in [2.05, 4.69) is 15.5 Å². The summed E-state index contributed by atoms with van der Waals surface area (Å²) in [5.41, 5.74) is 1.08. The highest BCUT2D eigenvalue weighted by Gasteiger charge is 2.19. The predicted molar refractivity (Wildman–Crippen MR) is 110 cm³/mol. The maximum Gasteiger partial charge on any atom is 0.230 e. The van der Waals surface area contributed by atoms with Crippen molar-refractivity contribution in [1.29, 1.82) is 0 Å². The predicted octanol–water partition coefficient (Wildman–Crippen LogP) is 3.85. The first-order valence-electron chi connectivity index (χ1n) is 9.25. The Morgan fingerprint density at radius 1 is 1.11 bits per heavy atom. The average Bonchev–Trinajstić information content (AvgIpc) is 3.15. The molecule has 0 spiro atoms. The fourth-order valence-electron chi connectivity index (χ4n) is 2.74. The Bertz CT molecular complexity index is 884. The number of benzene rings is 2. The van der Waals surface area contributed by atoms with Gasteiger partial charge in [0.1, 0.15) is 5.75 Å². The van der Waals surface area contributed by atoms with Gasteiger partial charge in [-0.25, -0.2) is 0 Å². The van der Waals surface area contributed by atoms with Crippen LogP contribution in [0, 0.1) is 0 Å². The van der Waals surface area contributed by atoms with Crippen LogP contribution in [0.5, 0.6) is 5.75 Å². The van der Waals surface area contributed by atoms with Crippen LogP contribution in [0.3, 0.4) is 0 Å². The van der Waals surface area contributed by atoms with E-state index < -0.39 is 0 Å². The van der Waals surface area contributed by atoms with Gasteiger partial charge in [-0.3, -0.25) is 4.79 Å². The summed E-state index contributed by atoms with van der Waals surface area (Å²) in [6.07, 6.45) is -0.240. The number of aromatic nitrogens is 3. The van der Waals surface area contributed by atoms with Gasteiger partial charge >= 0.3 is 0 Å². The number of thioether (sulfide) groups is 1. The van der Waals surface area contributed by atoms with Gasteiger partial charge in [0, 0.05) is 13.1 Å². The SMILES string of the molecule is CCn1c(SCC(=O)NCc2ccccc2)nnc1[C@@H](C)Oc1ccccc1. The second kappa shape index (κ2) is 9.94. The number of amides is 1. The topological polar surface area (TPSA) is 69.0 Å². The molecule has 0 unspecified atom stereocenters. The van der Waals surface area contributed by atoms with Crippen LogP contribution in [-0.4, -0.2) is 26.4 Å². The zero-order chi connectivity index (χ0) is 19.8. The molecule has 1 heterocycles. The van der Waals surface area contributed by atoms with Gasteiger partial charge in [-0.05, 0) is 31.5 Å². The maximum atomic E-state index is 12.2. The lowest BCUT2D eigenvalue weighted by atomic mass is 10.2. The number of hydrogen-bond acceptors (Lipinski definition) is 5. The van der Waals surface area contributed by atoms with Gasteiger partial charge in [0.15, 0.2) is 17.1 Å². The summed E-state index contributed by atoms with van der Waals surface area (Å²) in [6.45, 7) is 5.21. The lowest BCUT2D eigenvalue weighted by Crippen LogP contribution is -2.24. The molecule has 0 saturated carbocycles. The Morgan fingerprint density at radius 3 is 2.46 bits per heavy atom. The molecule has 146 valence electrons. The largest absolute Gasteiger partial charge is 0.483 e. The van der Waals surface area contributed by atoms with Crippen molar-refractivity contribution in [1.82, 2.24) is 20.1 Å². The first-order valence-corrected chi connectivity index (χ1v) is 10.2. The van der Waals surface area contributed by atoms with Crippen LogP contribution in [0.2, 0.25) is 0 Å². The highest BCUT2D eigenvalue weighted by Crippen LogP contribution is 2.24. The Balaban J connectivity index is 1.56. The molecular weight excluding hydrogens is 372 g/mol.